The van der Waals surface area contributed by atoms with Crippen LogP contribution in [-0.4, -0.2) is 48.8 Å². The fourth-order valence-corrected chi connectivity index (χ4v) is 18.6. The van der Waals surface area contributed by atoms with E-state index in [2.05, 4.69) is 304 Å². The van der Waals surface area contributed by atoms with Crippen molar-refractivity contribution < 1.29 is 19.4 Å². The quantitative estimate of drug-likeness (QED) is 0.0179. The molecule has 6 heterocycles. The predicted octanol–water partition coefficient (Wildman–Crippen LogP) is 30.8. The van der Waals surface area contributed by atoms with Gasteiger partial charge in [0, 0.05) is 61.4 Å². The van der Waals surface area contributed by atoms with Gasteiger partial charge in [0.15, 0.2) is 0 Å². The van der Waals surface area contributed by atoms with Gasteiger partial charge in [0.25, 0.3) is 0 Å². The molecule has 14 aromatic rings. The van der Waals surface area contributed by atoms with Gasteiger partial charge < -0.3 is 29.1 Å². The van der Waals surface area contributed by atoms with Crippen LogP contribution >= 0.6 is 0 Å². The summed E-state index contributed by atoms with van der Waals surface area (Å²) in [7, 11) is 0. The highest BCUT2D eigenvalue weighted by Crippen LogP contribution is 2.51. The fourth-order valence-electron chi connectivity index (χ4n) is 18.6. The third-order valence-corrected chi connectivity index (χ3v) is 25.6. The number of carboxylic acids is 1. The molecule has 2 aliphatic rings. The first-order valence-corrected chi connectivity index (χ1v) is 45.7. The molecule has 0 spiro atoms. The molecule has 123 heavy (non-hydrogen) atoms. The maximum Gasteiger partial charge on any atom is 0.335 e. The number of aromatic carboxylic acids is 1. The average molecular weight is 1630 g/mol. The molecule has 3 N–H and O–H groups in total. The van der Waals surface area contributed by atoms with Crippen molar-refractivity contribution in [1.29, 1.82) is 0 Å². The summed E-state index contributed by atoms with van der Waals surface area (Å²) in [6.07, 6.45) is 32.9. The smallest absolute Gasteiger partial charge is 0.335 e. The Morgan fingerprint density at radius 2 is 0.829 bits per heavy atom. The van der Waals surface area contributed by atoms with E-state index in [1.807, 2.05) is 0 Å². The molecule has 0 saturated carbocycles. The average Bonchev–Trinajstić information content (AvgIpc) is 1.53. The van der Waals surface area contributed by atoms with Gasteiger partial charge in [0.05, 0.1) is 80.3 Å². The van der Waals surface area contributed by atoms with Gasteiger partial charge in [-0.15, -0.1) is 0 Å². The van der Waals surface area contributed by atoms with Crippen molar-refractivity contribution in [1.82, 2.24) is 24.5 Å². The fraction of sp³-hybridized carbons (Fsp3) is 0.342. The van der Waals surface area contributed by atoms with Crippen molar-refractivity contribution >= 4 is 106 Å². The Bertz CT molecular complexity index is 6530. The first-order chi connectivity index (χ1) is 59.5. The summed E-state index contributed by atoms with van der Waals surface area (Å²) in [5, 5.41) is 19.8. The summed E-state index contributed by atoms with van der Waals surface area (Å²) in [4.78, 5) is 31.7. The number of H-pyrrole nitrogens is 2. The van der Waals surface area contributed by atoms with Crippen LogP contribution in [0.1, 0.15) is 293 Å². The van der Waals surface area contributed by atoms with Crippen LogP contribution in [0.5, 0.6) is 11.5 Å². The zero-order valence-corrected chi connectivity index (χ0v) is 74.8. The minimum Gasteiger partial charge on any atom is -0.493 e. The summed E-state index contributed by atoms with van der Waals surface area (Å²) in [6, 6.07) is 63.4. The number of fused-ring (bicyclic) bond motifs is 9. The van der Waals surface area contributed by atoms with E-state index < -0.39 is 5.97 Å². The summed E-state index contributed by atoms with van der Waals surface area (Å²) >= 11 is 0. The molecule has 0 radical (unpaired) electrons. The Hall–Kier alpha value is -11.9. The van der Waals surface area contributed by atoms with Crippen molar-refractivity contribution in [3.05, 3.63) is 260 Å². The predicted molar refractivity (Wildman–Crippen MR) is 521 cm³/mol. The van der Waals surface area contributed by atoms with E-state index in [-0.39, 0.29) is 21.8 Å². The number of unbranched alkanes of at least 4 members (excludes halogenated alkanes) is 18. The SMILES string of the molecule is CCCCCCCCCCCCOc1cccc(OCCCCCCCCCCCC)c1-c1c2nc(c(C#Cc3cc4c5c6c3cccc6c3cccc6c(-c7ccc(C(C)(C)C)cc7)cc(c5c63)n4Cc3cc(C(C)(C)C)cc(C(C)(C)C)c3)c3ccc([nH]3)c(-c3c(C)cccc3C)c3nc(c(C#Cc4ccc(C(=O)O)cc4)c4ccc1[nH]4)C=C3)C=C2. The third kappa shape index (κ3) is 18.2. The van der Waals surface area contributed by atoms with Crippen LogP contribution in [0.15, 0.2) is 176 Å². The van der Waals surface area contributed by atoms with E-state index in [0.717, 1.165) is 120 Å². The number of carbonyl (C=O) groups is 1. The minimum absolute atomic E-state index is 0.00254. The highest BCUT2D eigenvalue weighted by atomic mass is 16.5. The number of nitrogens with one attached hydrogen (secondary N) is 2. The van der Waals surface area contributed by atoms with E-state index in [4.69, 9.17) is 19.4 Å². The molecule has 9 heteroatoms. The number of aromatic nitrogens is 5. The number of carboxylic acid groups (broad SMARTS) is 1. The number of ether oxygens (including phenoxy) is 2. The molecule has 0 amide bonds. The molecule has 0 unspecified atom stereocenters. The number of aromatic amines is 2. The lowest BCUT2D eigenvalue weighted by Crippen LogP contribution is -2.17. The maximum atomic E-state index is 12.1. The van der Waals surface area contributed by atoms with Crippen LogP contribution in [0.4, 0.5) is 0 Å². The van der Waals surface area contributed by atoms with Gasteiger partial charge in [0.2, 0.25) is 0 Å². The van der Waals surface area contributed by atoms with E-state index in [0.29, 0.717) is 48.0 Å². The van der Waals surface area contributed by atoms with Gasteiger partial charge in [-0.3, -0.25) is 0 Å². The molecule has 626 valence electrons. The largest absolute Gasteiger partial charge is 0.493 e. The Morgan fingerprint density at radius 3 is 1.33 bits per heavy atom. The highest BCUT2D eigenvalue weighted by Gasteiger charge is 2.29. The lowest BCUT2D eigenvalue weighted by molar-refractivity contribution is 0.0696. The van der Waals surface area contributed by atoms with Crippen molar-refractivity contribution in [3.8, 4) is 68.6 Å². The van der Waals surface area contributed by atoms with E-state index in [9.17, 15) is 9.90 Å². The number of hydrogen-bond donors (Lipinski definition) is 3. The van der Waals surface area contributed by atoms with Crippen molar-refractivity contribution in [2.75, 3.05) is 13.2 Å². The van der Waals surface area contributed by atoms with E-state index in [1.54, 1.807) is 24.3 Å². The van der Waals surface area contributed by atoms with Crippen LogP contribution in [-0.2, 0) is 22.8 Å². The second kappa shape index (κ2) is 36.6. The number of rotatable bonds is 30. The summed E-state index contributed by atoms with van der Waals surface area (Å²) in [5.74, 6) is 15.5. The number of benzene rings is 10. The van der Waals surface area contributed by atoms with E-state index >= 15 is 0 Å². The molecule has 9 nitrogen and oxygen atoms in total. The lowest BCUT2D eigenvalue weighted by Gasteiger charge is -2.26. The Balaban J connectivity index is 0.939. The van der Waals surface area contributed by atoms with Gasteiger partial charge in [-0.05, 0) is 212 Å². The Kier molecular flexibility index (Phi) is 25.2. The third-order valence-electron chi connectivity index (χ3n) is 25.6. The van der Waals surface area contributed by atoms with Crippen LogP contribution in [0.25, 0.3) is 134 Å². The molecular weight excluding hydrogens is 1500 g/mol. The topological polar surface area (TPSA) is 118 Å². The molecule has 0 aliphatic carbocycles. The van der Waals surface area contributed by atoms with Crippen molar-refractivity contribution in [2.45, 2.75) is 241 Å². The summed E-state index contributed by atoms with van der Waals surface area (Å²) in [5.41, 5.74) is 24.9. The van der Waals surface area contributed by atoms with Gasteiger partial charge in [-0.2, -0.15) is 0 Å². The molecule has 4 aromatic heterocycles. The second-order valence-electron chi connectivity index (χ2n) is 37.8. The van der Waals surface area contributed by atoms with Crippen LogP contribution in [0.3, 0.4) is 0 Å². The second-order valence-corrected chi connectivity index (χ2v) is 37.8. The van der Waals surface area contributed by atoms with Crippen LogP contribution in [0.2, 0.25) is 0 Å². The molecule has 16 rings (SSSR count). The zero-order chi connectivity index (χ0) is 85.7. The summed E-state index contributed by atoms with van der Waals surface area (Å²) < 4.78 is 17.0. The van der Waals surface area contributed by atoms with Crippen LogP contribution in [0, 0.1) is 37.5 Å². The molecule has 2 aliphatic heterocycles. The lowest BCUT2D eigenvalue weighted by atomic mass is 9.79. The first kappa shape index (κ1) is 84.7. The molecule has 0 fully saturated rings. The monoisotopic (exact) mass is 1620 g/mol. The molecule has 0 saturated heterocycles. The molecule has 8 bridgehead atoms. The van der Waals surface area contributed by atoms with Crippen molar-refractivity contribution in [3.63, 3.8) is 0 Å². The Morgan fingerprint density at radius 1 is 0.398 bits per heavy atom. The maximum absolute atomic E-state index is 12.1. The van der Waals surface area contributed by atoms with Gasteiger partial charge >= 0.3 is 5.97 Å². The number of nitrogens with zero attached hydrogens (tertiary/aromatic N) is 3. The summed E-state index contributed by atoms with van der Waals surface area (Å²) in [6.45, 7) is 31.5. The molecule has 0 atom stereocenters. The van der Waals surface area contributed by atoms with Gasteiger partial charge in [0.1, 0.15) is 11.5 Å². The highest BCUT2D eigenvalue weighted by molar-refractivity contribution is 6.41. The molecule has 10 aromatic carbocycles. The zero-order valence-electron chi connectivity index (χ0n) is 74.8. The van der Waals surface area contributed by atoms with Crippen molar-refractivity contribution in [2.24, 2.45) is 0 Å². The number of hydrogen-bond acceptors (Lipinski definition) is 5. The molecular formula is C114H121N5O4. The van der Waals surface area contributed by atoms with E-state index in [1.165, 1.54) is 179 Å². The normalized spacial score (nSPS) is 12.4. The minimum atomic E-state index is -0.993. The number of aryl methyl sites for hydroxylation is 2. The standard InChI is InChI=1S/C114H121N5O4/c1-14-16-18-20-22-24-26-28-30-32-66-122-101-44-37-45-102(123-67-33-31-29-27-25-23-21-19-17-15-2)110(101)107-97-64-60-92(117-97)88(56-48-76-46-49-79(50-47-76)111(120)121)91-58-62-95(115-91)106(103-74(3)38-34-39-75(103)4)96-63-59-93(116-96)89(94-61-65-98(107)118-94)57-53-80-70-99-108-104-84(80)40-35-41-85(104)86-42-36-43-87-90(78-51-54-81(55-52-78)112(5,6)7)72-100(109(108)105(86)87)119(99)73-77-68-82(113(8,9)10)71-83(69-77)114(11,12)13/h34-47,49-52,54-55,58-65,68-72,116-117H,14-33,66-67,73H2,1-13H3,(H,120,121). The Labute approximate surface area is 728 Å². The first-order valence-electron chi connectivity index (χ1n) is 45.7. The van der Waals surface area contributed by atoms with Gasteiger partial charge in [-0.1, -0.05) is 319 Å². The van der Waals surface area contributed by atoms with Gasteiger partial charge in [-0.25, -0.2) is 14.8 Å². The van der Waals surface area contributed by atoms with Crippen LogP contribution < -0.4 is 9.47 Å².